The molecule has 2 amide bonds. The molecular weight excluding hydrogens is 324 g/mol. The Morgan fingerprint density at radius 2 is 1.17 bits per heavy atom. The van der Waals surface area contributed by atoms with Crippen molar-refractivity contribution in [3.8, 4) is 0 Å². The Hall–Kier alpha value is -0.666. The third kappa shape index (κ3) is 5.72. The molecule has 0 bridgehead atoms. The molecule has 2 saturated heterocycles. The van der Waals surface area contributed by atoms with Crippen molar-refractivity contribution in [2.24, 2.45) is 0 Å². The van der Waals surface area contributed by atoms with E-state index in [1.165, 1.54) is 0 Å². The lowest BCUT2D eigenvalue weighted by molar-refractivity contribution is -0.133. The number of piperidine rings is 2. The molecule has 2 aliphatic heterocycles. The van der Waals surface area contributed by atoms with Crippen LogP contribution in [-0.4, -0.2) is 63.7 Å². The first-order valence-corrected chi connectivity index (χ1v) is 15.2. The van der Waals surface area contributed by atoms with Crippen LogP contribution in [0.1, 0.15) is 38.5 Å². The summed E-state index contributed by atoms with van der Waals surface area (Å²) in [5.74, 6) is 0.567. The predicted molar refractivity (Wildman–Crippen MR) is 96.9 cm³/mol. The van der Waals surface area contributed by atoms with Crippen LogP contribution in [0.3, 0.4) is 0 Å². The number of rotatable bonds is 6. The van der Waals surface area contributed by atoms with E-state index in [1.807, 2.05) is 9.80 Å². The van der Waals surface area contributed by atoms with E-state index in [0.29, 0.717) is 12.8 Å². The molecule has 5 nitrogen and oxygen atoms in total. The summed E-state index contributed by atoms with van der Waals surface area (Å²) in [6.45, 7) is 10.6. The molecule has 7 heteroatoms. The smallest absolute Gasteiger partial charge is 0.222 e. The van der Waals surface area contributed by atoms with Gasteiger partial charge < -0.3 is 13.9 Å². The third-order valence-corrected chi connectivity index (χ3v) is 11.2. The fourth-order valence-electron chi connectivity index (χ4n) is 3.79. The molecule has 132 valence electrons. The predicted octanol–water partition coefficient (Wildman–Crippen LogP) is 2.52. The van der Waals surface area contributed by atoms with Gasteiger partial charge >= 0.3 is 0 Å². The van der Waals surface area contributed by atoms with Crippen molar-refractivity contribution >= 4 is 28.4 Å². The van der Waals surface area contributed by atoms with Crippen LogP contribution in [0.15, 0.2) is 0 Å². The standard InChI is InChI=1S/C16H32N2O3Si2/c1-22(2,13-17-11-7-5-9-15(17)19)21-23(3,4)14-18-12-8-6-10-16(18)20/h5-14H2,1-4H3. The highest BCUT2D eigenvalue weighted by molar-refractivity contribution is 6.85. The minimum atomic E-state index is -1.95. The molecule has 0 aliphatic carbocycles. The quantitative estimate of drug-likeness (QED) is 0.687. The van der Waals surface area contributed by atoms with Crippen molar-refractivity contribution in [3.05, 3.63) is 0 Å². The normalized spacial score (nSPS) is 21.0. The SMILES string of the molecule is C[Si](C)(CN1CCCCC1=O)O[Si](C)(C)CN1CCCCC1=O. The summed E-state index contributed by atoms with van der Waals surface area (Å²) in [5.41, 5.74) is 0. The van der Waals surface area contributed by atoms with Crippen LogP contribution in [-0.2, 0) is 13.7 Å². The molecule has 23 heavy (non-hydrogen) atoms. The molecule has 2 aliphatic rings. The fraction of sp³-hybridized carbons (Fsp3) is 0.875. The van der Waals surface area contributed by atoms with Gasteiger partial charge in [-0.2, -0.15) is 0 Å². The Bertz CT molecular complexity index is 415. The fourth-order valence-corrected chi connectivity index (χ4v) is 12.8. The highest BCUT2D eigenvalue weighted by atomic mass is 28.4. The summed E-state index contributed by atoms with van der Waals surface area (Å²) in [4.78, 5) is 28.1. The second-order valence-corrected chi connectivity index (χ2v) is 16.7. The minimum absolute atomic E-state index is 0.283. The lowest BCUT2D eigenvalue weighted by atomic mass is 10.1. The third-order valence-electron chi connectivity index (χ3n) is 4.54. The summed E-state index contributed by atoms with van der Waals surface area (Å²) in [6.07, 6.45) is 7.22. The Labute approximate surface area is 142 Å². The summed E-state index contributed by atoms with van der Waals surface area (Å²) in [5, 5.41) is 0. The lowest BCUT2D eigenvalue weighted by Crippen LogP contribution is -2.58. The van der Waals surface area contributed by atoms with Crippen LogP contribution in [0.2, 0.25) is 26.2 Å². The summed E-state index contributed by atoms with van der Waals surface area (Å²) < 4.78 is 6.62. The Kier molecular flexibility index (Phi) is 6.07. The first-order chi connectivity index (χ1) is 10.7. The van der Waals surface area contributed by atoms with Crippen molar-refractivity contribution in [2.75, 3.05) is 25.4 Å². The largest absolute Gasteiger partial charge is 0.453 e. The highest BCUT2D eigenvalue weighted by Gasteiger charge is 2.38. The van der Waals surface area contributed by atoms with Gasteiger partial charge in [0.05, 0.1) is 0 Å². The van der Waals surface area contributed by atoms with Crippen molar-refractivity contribution < 1.29 is 13.7 Å². The number of likely N-dealkylation sites (tertiary alicyclic amines) is 2. The van der Waals surface area contributed by atoms with E-state index in [1.54, 1.807) is 0 Å². The van der Waals surface area contributed by atoms with Gasteiger partial charge in [-0.3, -0.25) is 9.59 Å². The average Bonchev–Trinajstić information content (AvgIpc) is 2.42. The molecule has 0 saturated carbocycles. The molecule has 0 aromatic carbocycles. The van der Waals surface area contributed by atoms with Crippen LogP contribution in [0.25, 0.3) is 0 Å². The molecule has 0 unspecified atom stereocenters. The Morgan fingerprint density at radius 3 is 1.52 bits per heavy atom. The lowest BCUT2D eigenvalue weighted by Gasteiger charge is -2.41. The van der Waals surface area contributed by atoms with Gasteiger partial charge in [0, 0.05) is 38.3 Å². The number of carbonyl (C=O) groups is 2. The average molecular weight is 357 g/mol. The van der Waals surface area contributed by atoms with E-state index in [9.17, 15) is 9.59 Å². The maximum absolute atomic E-state index is 12.0. The van der Waals surface area contributed by atoms with Crippen LogP contribution < -0.4 is 0 Å². The second kappa shape index (κ2) is 7.48. The van der Waals surface area contributed by atoms with Crippen LogP contribution >= 0.6 is 0 Å². The molecule has 2 heterocycles. The van der Waals surface area contributed by atoms with E-state index in [0.717, 1.165) is 51.1 Å². The molecule has 0 atom stereocenters. The zero-order valence-corrected chi connectivity index (χ0v) is 17.2. The van der Waals surface area contributed by atoms with E-state index < -0.39 is 16.6 Å². The molecule has 2 fully saturated rings. The first-order valence-electron chi connectivity index (χ1n) is 8.94. The minimum Gasteiger partial charge on any atom is -0.453 e. The number of hydrogen-bond acceptors (Lipinski definition) is 3. The number of carbonyl (C=O) groups excluding carboxylic acids is 2. The van der Waals surface area contributed by atoms with Crippen LogP contribution in [0, 0.1) is 0 Å². The molecule has 0 aromatic rings. The van der Waals surface area contributed by atoms with Gasteiger partial charge in [0.1, 0.15) is 0 Å². The molecule has 2 rings (SSSR count). The van der Waals surface area contributed by atoms with E-state index >= 15 is 0 Å². The van der Waals surface area contributed by atoms with Gasteiger partial charge in [-0.1, -0.05) is 0 Å². The molecule has 0 radical (unpaired) electrons. The summed E-state index contributed by atoms with van der Waals surface area (Å²) in [7, 11) is -3.89. The zero-order valence-electron chi connectivity index (χ0n) is 15.2. The number of nitrogens with zero attached hydrogens (tertiary/aromatic N) is 2. The zero-order chi connectivity index (χ0) is 17.1. The van der Waals surface area contributed by atoms with Gasteiger partial charge in [0.25, 0.3) is 0 Å². The summed E-state index contributed by atoms with van der Waals surface area (Å²) in [6, 6.07) is 0. The highest BCUT2D eigenvalue weighted by Crippen LogP contribution is 2.21. The molecule has 0 spiro atoms. The van der Waals surface area contributed by atoms with E-state index in [-0.39, 0.29) is 11.8 Å². The molecular formula is C16H32N2O3Si2. The second-order valence-electron chi connectivity index (χ2n) is 8.17. The maximum Gasteiger partial charge on any atom is 0.222 e. The van der Waals surface area contributed by atoms with Gasteiger partial charge in [0.15, 0.2) is 16.6 Å². The van der Waals surface area contributed by atoms with Gasteiger partial charge in [-0.25, -0.2) is 0 Å². The molecule has 0 aromatic heterocycles. The van der Waals surface area contributed by atoms with E-state index in [4.69, 9.17) is 4.12 Å². The van der Waals surface area contributed by atoms with Crippen LogP contribution in [0.4, 0.5) is 0 Å². The monoisotopic (exact) mass is 356 g/mol. The molecule has 0 N–H and O–H groups in total. The van der Waals surface area contributed by atoms with Gasteiger partial charge in [-0.15, -0.1) is 0 Å². The van der Waals surface area contributed by atoms with Gasteiger partial charge in [-0.05, 0) is 51.9 Å². The Balaban J connectivity index is 1.91. The van der Waals surface area contributed by atoms with Crippen molar-refractivity contribution in [1.82, 2.24) is 9.80 Å². The Morgan fingerprint density at radius 1 is 0.783 bits per heavy atom. The first kappa shape index (κ1) is 18.7. The number of hydrogen-bond donors (Lipinski definition) is 0. The summed E-state index contributed by atoms with van der Waals surface area (Å²) >= 11 is 0. The van der Waals surface area contributed by atoms with E-state index in [2.05, 4.69) is 26.2 Å². The topological polar surface area (TPSA) is 49.9 Å². The van der Waals surface area contributed by atoms with Crippen molar-refractivity contribution in [1.29, 1.82) is 0 Å². The van der Waals surface area contributed by atoms with Crippen molar-refractivity contribution in [2.45, 2.75) is 64.7 Å². The number of amides is 2. The van der Waals surface area contributed by atoms with Gasteiger partial charge in [0.2, 0.25) is 11.8 Å². The van der Waals surface area contributed by atoms with Crippen LogP contribution in [0.5, 0.6) is 0 Å². The maximum atomic E-state index is 12.0. The van der Waals surface area contributed by atoms with Crippen molar-refractivity contribution in [3.63, 3.8) is 0 Å².